The third-order valence-electron chi connectivity index (χ3n) is 4.80. The van der Waals surface area contributed by atoms with E-state index in [0.717, 1.165) is 25.2 Å². The zero-order valence-corrected chi connectivity index (χ0v) is 12.9. The summed E-state index contributed by atoms with van der Waals surface area (Å²) in [5.41, 5.74) is 0.951. The number of nitrogens with one attached hydrogen (secondary N) is 1. The van der Waals surface area contributed by atoms with Crippen LogP contribution in [0, 0.1) is 5.92 Å². The summed E-state index contributed by atoms with van der Waals surface area (Å²) in [6.45, 7) is 4.43. The number of likely N-dealkylation sites (N-methyl/N-ethyl adjacent to an activating group) is 1. The minimum absolute atomic E-state index is 0.0356. The van der Waals surface area contributed by atoms with Crippen molar-refractivity contribution in [3.05, 3.63) is 34.2 Å². The van der Waals surface area contributed by atoms with Crippen LogP contribution in [-0.2, 0) is 4.79 Å². The van der Waals surface area contributed by atoms with Gasteiger partial charge in [-0.1, -0.05) is 6.07 Å². The number of carbonyl (C=O) groups excluding carboxylic acids is 1. The van der Waals surface area contributed by atoms with Crippen LogP contribution in [0.25, 0.3) is 0 Å². The number of likely N-dealkylation sites (tertiary alicyclic amines) is 1. The molecule has 1 aromatic rings. The molecule has 1 fully saturated rings. The molecule has 6 heteroatoms. The van der Waals surface area contributed by atoms with E-state index < -0.39 is 0 Å². The van der Waals surface area contributed by atoms with Crippen molar-refractivity contribution in [2.75, 3.05) is 32.8 Å². The van der Waals surface area contributed by atoms with Gasteiger partial charge in [0.15, 0.2) is 0 Å². The topological polar surface area (TPSA) is 74.6 Å². The van der Waals surface area contributed by atoms with Crippen molar-refractivity contribution in [2.24, 2.45) is 5.92 Å². The Morgan fingerprint density at radius 2 is 2.23 bits per heavy atom. The lowest BCUT2D eigenvalue weighted by Crippen LogP contribution is -2.52. The molecule has 0 saturated carbocycles. The second kappa shape index (κ2) is 6.22. The van der Waals surface area contributed by atoms with Crippen molar-refractivity contribution >= 4 is 5.91 Å². The number of hydrogen-bond donors (Lipinski definition) is 2. The predicted octanol–water partition coefficient (Wildman–Crippen LogP) is -0.0631. The van der Waals surface area contributed by atoms with E-state index in [1.54, 1.807) is 16.7 Å². The Morgan fingerprint density at radius 1 is 1.41 bits per heavy atom. The number of amides is 1. The van der Waals surface area contributed by atoms with Gasteiger partial charge in [-0.2, -0.15) is 0 Å². The molecule has 0 radical (unpaired) electrons. The molecule has 3 atom stereocenters. The highest BCUT2D eigenvalue weighted by Crippen LogP contribution is 2.40. The maximum atomic E-state index is 12.2. The molecule has 2 bridgehead atoms. The van der Waals surface area contributed by atoms with Crippen LogP contribution in [0.4, 0.5) is 0 Å². The van der Waals surface area contributed by atoms with Gasteiger partial charge in [0.05, 0.1) is 19.2 Å². The monoisotopic (exact) mass is 305 g/mol. The number of piperidine rings is 1. The van der Waals surface area contributed by atoms with Gasteiger partial charge in [-0.3, -0.25) is 14.5 Å². The van der Waals surface area contributed by atoms with E-state index in [2.05, 4.69) is 10.2 Å². The van der Waals surface area contributed by atoms with Crippen LogP contribution < -0.4 is 10.9 Å². The Hall–Kier alpha value is -1.66. The fraction of sp³-hybridized carbons (Fsp3) is 0.625. The van der Waals surface area contributed by atoms with Crippen molar-refractivity contribution < 1.29 is 9.90 Å². The summed E-state index contributed by atoms with van der Waals surface area (Å²) in [5, 5.41) is 12.6. The summed E-state index contributed by atoms with van der Waals surface area (Å²) < 4.78 is 1.77. The van der Waals surface area contributed by atoms with Crippen LogP contribution in [-0.4, -0.2) is 53.3 Å². The largest absolute Gasteiger partial charge is 0.394 e. The maximum absolute atomic E-state index is 12.2. The van der Waals surface area contributed by atoms with E-state index in [0.29, 0.717) is 13.1 Å². The summed E-state index contributed by atoms with van der Waals surface area (Å²) in [6.07, 6.45) is 0.973. The van der Waals surface area contributed by atoms with Crippen molar-refractivity contribution in [3.8, 4) is 0 Å². The maximum Gasteiger partial charge on any atom is 0.251 e. The summed E-state index contributed by atoms with van der Waals surface area (Å²) in [7, 11) is 0. The molecule has 120 valence electrons. The molecule has 0 aliphatic carbocycles. The van der Waals surface area contributed by atoms with Crippen molar-refractivity contribution in [1.29, 1.82) is 0 Å². The third-order valence-corrected chi connectivity index (χ3v) is 4.80. The Bertz CT molecular complexity index is 613. The van der Waals surface area contributed by atoms with Crippen molar-refractivity contribution in [2.45, 2.75) is 25.3 Å². The van der Waals surface area contributed by atoms with Crippen LogP contribution in [0.3, 0.4) is 0 Å². The molecule has 2 aliphatic heterocycles. The van der Waals surface area contributed by atoms with Gasteiger partial charge in [0.25, 0.3) is 5.56 Å². The molecule has 0 spiro atoms. The van der Waals surface area contributed by atoms with Crippen molar-refractivity contribution in [1.82, 2.24) is 14.8 Å². The number of rotatable bonds is 4. The summed E-state index contributed by atoms with van der Waals surface area (Å²) in [5.74, 6) is 0.504. The van der Waals surface area contributed by atoms with Gasteiger partial charge in [0, 0.05) is 37.3 Å². The molecular weight excluding hydrogens is 282 g/mol. The highest BCUT2D eigenvalue weighted by molar-refractivity contribution is 5.77. The first-order valence-electron chi connectivity index (χ1n) is 7.95. The van der Waals surface area contributed by atoms with Gasteiger partial charge in [-0.05, 0) is 25.3 Å². The summed E-state index contributed by atoms with van der Waals surface area (Å²) in [4.78, 5) is 26.2. The lowest BCUT2D eigenvalue weighted by atomic mass is 9.78. The van der Waals surface area contributed by atoms with E-state index >= 15 is 0 Å². The molecule has 2 aliphatic rings. The summed E-state index contributed by atoms with van der Waals surface area (Å²) >= 11 is 0. The van der Waals surface area contributed by atoms with Gasteiger partial charge in [-0.25, -0.2) is 0 Å². The average molecular weight is 305 g/mol. The number of pyridine rings is 1. The van der Waals surface area contributed by atoms with E-state index in [4.69, 9.17) is 0 Å². The van der Waals surface area contributed by atoms with Crippen LogP contribution in [0.15, 0.2) is 23.0 Å². The fourth-order valence-corrected chi connectivity index (χ4v) is 3.96. The zero-order chi connectivity index (χ0) is 15.7. The smallest absolute Gasteiger partial charge is 0.251 e. The second-order valence-corrected chi connectivity index (χ2v) is 6.25. The first-order chi connectivity index (χ1) is 10.6. The molecule has 22 heavy (non-hydrogen) atoms. The number of aliphatic hydroxyl groups is 1. The molecule has 1 saturated heterocycles. The van der Waals surface area contributed by atoms with E-state index in [9.17, 15) is 14.7 Å². The standard InChI is InChI=1S/C16H23N3O3/c1-2-17-15(21)9-18-7-11-6-12(8-18)14(10-20)19-13(11)4-3-5-16(19)22/h3-5,11-12,14,20H,2,6-10H2,1H3,(H,17,21)/t11-,12+,14+/m1/s1. The van der Waals surface area contributed by atoms with E-state index in [-0.39, 0.29) is 36.0 Å². The minimum Gasteiger partial charge on any atom is -0.394 e. The van der Waals surface area contributed by atoms with E-state index in [1.807, 2.05) is 13.0 Å². The average Bonchev–Trinajstić information content (AvgIpc) is 2.49. The quantitative estimate of drug-likeness (QED) is 0.817. The molecule has 3 rings (SSSR count). The van der Waals surface area contributed by atoms with Crippen LogP contribution in [0.5, 0.6) is 0 Å². The SMILES string of the molecule is CCNC(=O)CN1C[C@H]2C[C@@H](C1)[C@H](CO)n1c2cccc1=O. The first kappa shape index (κ1) is 15.2. The van der Waals surface area contributed by atoms with Crippen LogP contribution >= 0.6 is 0 Å². The van der Waals surface area contributed by atoms with Gasteiger partial charge >= 0.3 is 0 Å². The Morgan fingerprint density at radius 3 is 2.95 bits per heavy atom. The fourth-order valence-electron chi connectivity index (χ4n) is 3.96. The van der Waals surface area contributed by atoms with Crippen molar-refractivity contribution in [3.63, 3.8) is 0 Å². The normalized spacial score (nSPS) is 27.3. The number of hydrogen-bond acceptors (Lipinski definition) is 4. The first-order valence-corrected chi connectivity index (χ1v) is 7.95. The van der Waals surface area contributed by atoms with Gasteiger partial charge in [-0.15, -0.1) is 0 Å². The highest BCUT2D eigenvalue weighted by Gasteiger charge is 2.40. The number of carbonyl (C=O) groups is 1. The molecular formula is C16H23N3O3. The molecule has 0 unspecified atom stereocenters. The molecule has 6 nitrogen and oxygen atoms in total. The van der Waals surface area contributed by atoms with Crippen LogP contribution in [0.2, 0.25) is 0 Å². The van der Waals surface area contributed by atoms with Gasteiger partial charge in [0.2, 0.25) is 5.91 Å². The predicted molar refractivity (Wildman–Crippen MR) is 82.8 cm³/mol. The third kappa shape index (κ3) is 2.68. The number of fused-ring (bicyclic) bond motifs is 4. The van der Waals surface area contributed by atoms with Gasteiger partial charge < -0.3 is 15.0 Å². The zero-order valence-electron chi connectivity index (χ0n) is 12.9. The molecule has 1 amide bonds. The number of nitrogens with zero attached hydrogens (tertiary/aromatic N) is 2. The summed E-state index contributed by atoms with van der Waals surface area (Å²) in [6, 6.07) is 5.13. The Balaban J connectivity index is 1.86. The molecule has 1 aromatic heterocycles. The lowest BCUT2D eigenvalue weighted by molar-refractivity contribution is -0.122. The number of aromatic nitrogens is 1. The second-order valence-electron chi connectivity index (χ2n) is 6.25. The molecule has 3 heterocycles. The minimum atomic E-state index is -0.183. The van der Waals surface area contributed by atoms with Gasteiger partial charge in [0.1, 0.15) is 0 Å². The Kier molecular flexibility index (Phi) is 4.31. The molecule has 0 aromatic carbocycles. The lowest BCUT2D eigenvalue weighted by Gasteiger charge is -2.46. The number of aliphatic hydroxyl groups excluding tert-OH is 1. The van der Waals surface area contributed by atoms with E-state index in [1.165, 1.54) is 0 Å². The highest BCUT2D eigenvalue weighted by atomic mass is 16.3. The molecule has 2 N–H and O–H groups in total. The van der Waals surface area contributed by atoms with Crippen LogP contribution in [0.1, 0.15) is 31.0 Å². The Labute approximate surface area is 129 Å².